The molecule has 2 heterocycles. The molecule has 3 rings (SSSR count). The number of fused-ring (bicyclic) bond motifs is 1. The molecule has 1 aromatic carbocycles. The van der Waals surface area contributed by atoms with Crippen LogP contribution in [-0.2, 0) is 4.74 Å². The first-order chi connectivity index (χ1) is 12.3. The van der Waals surface area contributed by atoms with Crippen LogP contribution in [0.3, 0.4) is 0 Å². The summed E-state index contributed by atoms with van der Waals surface area (Å²) in [6.45, 7) is 12.1. The topological polar surface area (TPSA) is 78.0 Å². The van der Waals surface area contributed by atoms with Crippen molar-refractivity contribution in [3.05, 3.63) is 65.9 Å². The van der Waals surface area contributed by atoms with Gasteiger partial charge in [0.1, 0.15) is 29.8 Å². The lowest BCUT2D eigenvalue weighted by Gasteiger charge is -2.32. The summed E-state index contributed by atoms with van der Waals surface area (Å²) in [5.41, 5.74) is 1.86. The fourth-order valence-corrected chi connectivity index (χ4v) is 3.07. The van der Waals surface area contributed by atoms with E-state index >= 15 is 0 Å². The fraction of sp³-hybridized carbons (Fsp3) is 0.211. The molecule has 0 radical (unpaired) electrons. The summed E-state index contributed by atoms with van der Waals surface area (Å²) in [5.74, 6) is 0.753. The summed E-state index contributed by atoms with van der Waals surface area (Å²) < 4.78 is 21.0. The highest BCUT2D eigenvalue weighted by molar-refractivity contribution is 5.96. The largest absolute Gasteiger partial charge is 0.489 e. The van der Waals surface area contributed by atoms with Crippen molar-refractivity contribution in [2.75, 3.05) is 18.1 Å². The smallest absolute Gasteiger partial charge is 0.230 e. The number of nitrogens with zero attached hydrogens (tertiary/aromatic N) is 3. The Bertz CT molecular complexity index is 1030. The van der Waals surface area contributed by atoms with Crippen LogP contribution in [0.5, 0.6) is 0 Å². The highest BCUT2D eigenvalue weighted by Gasteiger charge is 2.25. The molecule has 1 aliphatic heterocycles. The zero-order chi connectivity index (χ0) is 19.0. The first kappa shape index (κ1) is 17.6. The zero-order valence-corrected chi connectivity index (χ0v) is 14.8. The Morgan fingerprint density at radius 1 is 1.38 bits per heavy atom. The van der Waals surface area contributed by atoms with Crippen LogP contribution in [0.4, 0.5) is 10.2 Å². The van der Waals surface area contributed by atoms with Crippen LogP contribution >= 0.6 is 0 Å². The van der Waals surface area contributed by atoms with E-state index in [1.165, 1.54) is 16.7 Å². The molecule has 1 aliphatic rings. The molecule has 2 N–H and O–H groups in total. The Hall–Kier alpha value is -3.22. The number of nitrogens with one attached hydrogen (secondary N) is 2. The monoisotopic (exact) mass is 353 g/mol. The van der Waals surface area contributed by atoms with Crippen LogP contribution in [0, 0.1) is 16.6 Å². The molecule has 0 saturated heterocycles. The van der Waals surface area contributed by atoms with E-state index in [-0.39, 0.29) is 11.5 Å². The molecule has 0 fully saturated rings. The number of hydrogen-bond acceptors (Lipinski definition) is 5. The second kappa shape index (κ2) is 6.59. The Morgan fingerprint density at radius 2 is 2.12 bits per heavy atom. The molecule has 0 unspecified atom stereocenters. The fourth-order valence-electron chi connectivity index (χ4n) is 3.07. The lowest BCUT2D eigenvalue weighted by molar-refractivity contribution is 0.211. The van der Waals surface area contributed by atoms with E-state index in [1.54, 1.807) is 19.1 Å². The number of benzene rings is 1. The Morgan fingerprint density at radius 3 is 2.73 bits per heavy atom. The molecular formula is C19H20FN5O. The van der Waals surface area contributed by atoms with Gasteiger partial charge in [-0.05, 0) is 43.7 Å². The number of allylic oxidation sites excluding steroid dienone is 2. The van der Waals surface area contributed by atoms with Gasteiger partial charge in [-0.3, -0.25) is 15.4 Å². The second-order valence-corrected chi connectivity index (χ2v) is 6.04. The predicted molar refractivity (Wildman–Crippen MR) is 99.7 cm³/mol. The van der Waals surface area contributed by atoms with E-state index in [2.05, 4.69) is 18.1 Å². The first-order valence-electron chi connectivity index (χ1n) is 8.10. The van der Waals surface area contributed by atoms with Gasteiger partial charge in [0.25, 0.3) is 0 Å². The zero-order valence-electron chi connectivity index (χ0n) is 14.8. The van der Waals surface area contributed by atoms with Crippen LogP contribution in [0.15, 0.2) is 54.5 Å². The molecule has 1 aromatic heterocycles. The van der Waals surface area contributed by atoms with Gasteiger partial charge < -0.3 is 9.64 Å². The lowest BCUT2D eigenvalue weighted by Crippen LogP contribution is -2.36. The van der Waals surface area contributed by atoms with Crippen molar-refractivity contribution in [3.8, 4) is 0 Å². The maximum Gasteiger partial charge on any atom is 0.230 e. The minimum atomic E-state index is -0.412. The minimum Gasteiger partial charge on any atom is -0.489 e. The van der Waals surface area contributed by atoms with Crippen molar-refractivity contribution >= 4 is 22.6 Å². The highest BCUT2D eigenvalue weighted by Crippen LogP contribution is 2.31. The van der Waals surface area contributed by atoms with E-state index in [1.807, 2.05) is 11.8 Å². The van der Waals surface area contributed by atoms with Gasteiger partial charge in [-0.15, -0.1) is 0 Å². The van der Waals surface area contributed by atoms with Gasteiger partial charge in [-0.1, -0.05) is 13.2 Å². The van der Waals surface area contributed by atoms with Gasteiger partial charge in [0.2, 0.25) is 5.62 Å². The van der Waals surface area contributed by atoms with E-state index in [9.17, 15) is 4.39 Å². The van der Waals surface area contributed by atoms with Crippen molar-refractivity contribution in [3.63, 3.8) is 0 Å². The highest BCUT2D eigenvalue weighted by atomic mass is 19.1. The van der Waals surface area contributed by atoms with Crippen LogP contribution < -0.4 is 10.5 Å². The number of rotatable bonds is 3. The van der Waals surface area contributed by atoms with E-state index in [0.29, 0.717) is 41.3 Å². The summed E-state index contributed by atoms with van der Waals surface area (Å²) >= 11 is 0. The van der Waals surface area contributed by atoms with Gasteiger partial charge >= 0.3 is 0 Å². The molecule has 0 atom stereocenters. The van der Waals surface area contributed by atoms with Crippen molar-refractivity contribution in [2.24, 2.45) is 0 Å². The molecule has 0 aliphatic carbocycles. The normalized spacial score (nSPS) is 14.3. The molecule has 2 aromatic rings. The predicted octanol–water partition coefficient (Wildman–Crippen LogP) is 3.31. The van der Waals surface area contributed by atoms with Crippen molar-refractivity contribution < 1.29 is 9.13 Å². The van der Waals surface area contributed by atoms with Crippen LogP contribution in [-0.4, -0.2) is 28.5 Å². The average molecular weight is 353 g/mol. The third kappa shape index (κ3) is 2.81. The van der Waals surface area contributed by atoms with Crippen LogP contribution in [0.25, 0.3) is 10.9 Å². The number of ether oxygens (including phenoxy) is 1. The van der Waals surface area contributed by atoms with E-state index < -0.39 is 5.82 Å². The quantitative estimate of drug-likeness (QED) is 0.656. The maximum absolute atomic E-state index is 14.0. The number of anilines is 1. The summed E-state index contributed by atoms with van der Waals surface area (Å²) in [5, 5.41) is 16.7. The van der Waals surface area contributed by atoms with E-state index in [4.69, 9.17) is 15.6 Å². The summed E-state index contributed by atoms with van der Waals surface area (Å²) in [6, 6.07) is 4.24. The Labute approximate surface area is 150 Å². The number of halogens is 1. The van der Waals surface area contributed by atoms with Gasteiger partial charge in [-0.2, -0.15) is 4.98 Å². The molecule has 26 heavy (non-hydrogen) atoms. The average Bonchev–Trinajstić information content (AvgIpc) is 2.60. The van der Waals surface area contributed by atoms with Gasteiger partial charge in [-0.25, -0.2) is 4.39 Å². The lowest BCUT2D eigenvalue weighted by atomic mass is 10.1. The first-order valence-corrected chi connectivity index (χ1v) is 8.10. The molecule has 0 spiro atoms. The van der Waals surface area contributed by atoms with Gasteiger partial charge in [0.05, 0.1) is 17.8 Å². The van der Waals surface area contributed by atoms with Crippen molar-refractivity contribution in [1.82, 2.24) is 9.55 Å². The molecular weight excluding hydrogens is 333 g/mol. The second-order valence-electron chi connectivity index (χ2n) is 6.04. The van der Waals surface area contributed by atoms with E-state index in [0.717, 1.165) is 5.57 Å². The molecule has 0 saturated carbocycles. The van der Waals surface area contributed by atoms with Crippen molar-refractivity contribution in [2.45, 2.75) is 13.8 Å². The van der Waals surface area contributed by atoms with Gasteiger partial charge in [0.15, 0.2) is 0 Å². The summed E-state index contributed by atoms with van der Waals surface area (Å²) in [6.07, 6.45) is 1.64. The molecule has 7 heteroatoms. The maximum atomic E-state index is 14.0. The summed E-state index contributed by atoms with van der Waals surface area (Å²) in [4.78, 5) is 6.21. The van der Waals surface area contributed by atoms with Crippen molar-refractivity contribution in [1.29, 1.82) is 10.8 Å². The SMILES string of the molecule is C=CC1=C(C(=C)C)OCCN1c1nc(=N)n(C(C)=N)c2ccc(F)cc12. The summed E-state index contributed by atoms with van der Waals surface area (Å²) in [7, 11) is 0. The molecule has 6 nitrogen and oxygen atoms in total. The number of hydrogen-bond donors (Lipinski definition) is 2. The Kier molecular flexibility index (Phi) is 4.46. The molecule has 134 valence electrons. The van der Waals surface area contributed by atoms with Crippen LogP contribution in [0.1, 0.15) is 13.8 Å². The third-order valence-electron chi connectivity index (χ3n) is 4.12. The van der Waals surface area contributed by atoms with Gasteiger partial charge in [0, 0.05) is 5.39 Å². The Balaban J connectivity index is 2.37. The number of aromatic nitrogens is 2. The minimum absolute atomic E-state index is 0.0987. The standard InChI is InChI=1S/C19H20FN5O/c1-5-15-17(11(2)3)26-9-8-24(15)18-14-10-13(20)6-7-16(14)25(12(4)21)19(22)23-18/h5-7,10,21-22H,1-2,8-9H2,3-4H3. The molecule has 0 bridgehead atoms. The molecule has 0 amide bonds. The van der Waals surface area contributed by atoms with Crippen LogP contribution in [0.2, 0.25) is 0 Å². The third-order valence-corrected chi connectivity index (χ3v) is 4.12.